The Morgan fingerprint density at radius 1 is 1.42 bits per heavy atom. The fourth-order valence-electron chi connectivity index (χ4n) is 2.24. The quantitative estimate of drug-likeness (QED) is 0.899. The predicted molar refractivity (Wildman–Crippen MR) is 65.0 cm³/mol. The fourth-order valence-corrected chi connectivity index (χ4v) is 2.24. The van der Waals surface area contributed by atoms with Gasteiger partial charge in [-0.15, -0.1) is 0 Å². The molecule has 1 aromatic rings. The first-order valence-corrected chi connectivity index (χ1v) is 6.09. The second-order valence-corrected chi connectivity index (χ2v) is 4.62. The molecule has 1 aliphatic heterocycles. The Bertz CT molecular complexity index is 448. The number of morpholine rings is 1. The van der Waals surface area contributed by atoms with Crippen molar-refractivity contribution in [3.8, 4) is 0 Å². The van der Waals surface area contributed by atoms with Crippen LogP contribution in [-0.2, 0) is 17.5 Å². The number of halogens is 3. The molecule has 1 aliphatic rings. The molecular formula is C13H16F3NO2. The van der Waals surface area contributed by atoms with Crippen molar-refractivity contribution in [2.24, 2.45) is 0 Å². The molecule has 3 nitrogen and oxygen atoms in total. The molecule has 0 aromatic heterocycles. The highest BCUT2D eigenvalue weighted by Gasteiger charge is 2.36. The SMILES string of the molecule is CC1COCCN1c1ccc(CO)cc1C(F)(F)F. The molecule has 1 atom stereocenters. The Balaban J connectivity index is 2.43. The molecule has 1 aromatic carbocycles. The summed E-state index contributed by atoms with van der Waals surface area (Å²) in [6.07, 6.45) is -4.43. The predicted octanol–water partition coefficient (Wildman–Crippen LogP) is 2.42. The number of benzene rings is 1. The summed E-state index contributed by atoms with van der Waals surface area (Å²) in [5, 5.41) is 8.98. The number of nitrogens with zero attached hydrogens (tertiary/aromatic N) is 1. The molecule has 2 rings (SSSR count). The lowest BCUT2D eigenvalue weighted by atomic mass is 10.1. The first-order valence-electron chi connectivity index (χ1n) is 6.09. The van der Waals surface area contributed by atoms with Gasteiger partial charge in [0.25, 0.3) is 0 Å². The molecule has 0 spiro atoms. The van der Waals surface area contributed by atoms with Crippen LogP contribution in [0.5, 0.6) is 0 Å². The van der Waals surface area contributed by atoms with Gasteiger partial charge >= 0.3 is 6.18 Å². The standard InChI is InChI=1S/C13H16F3NO2/c1-9-8-19-5-4-17(9)12-3-2-10(7-18)6-11(12)13(14,15)16/h2-3,6,9,18H,4-5,7-8H2,1H3. The lowest BCUT2D eigenvalue weighted by molar-refractivity contribution is -0.137. The number of hydrogen-bond donors (Lipinski definition) is 1. The van der Waals surface area contributed by atoms with E-state index in [1.807, 2.05) is 6.92 Å². The van der Waals surface area contributed by atoms with E-state index in [4.69, 9.17) is 9.84 Å². The summed E-state index contributed by atoms with van der Waals surface area (Å²) >= 11 is 0. The average molecular weight is 275 g/mol. The van der Waals surface area contributed by atoms with Crippen LogP contribution >= 0.6 is 0 Å². The van der Waals surface area contributed by atoms with Crippen molar-refractivity contribution < 1.29 is 23.0 Å². The van der Waals surface area contributed by atoms with E-state index in [2.05, 4.69) is 0 Å². The van der Waals surface area contributed by atoms with E-state index < -0.39 is 18.3 Å². The first kappa shape index (κ1) is 14.1. The number of aliphatic hydroxyl groups excluding tert-OH is 1. The monoisotopic (exact) mass is 275 g/mol. The largest absolute Gasteiger partial charge is 0.418 e. The van der Waals surface area contributed by atoms with E-state index in [-0.39, 0.29) is 17.3 Å². The van der Waals surface area contributed by atoms with Crippen LogP contribution < -0.4 is 4.90 Å². The summed E-state index contributed by atoms with van der Waals surface area (Å²) < 4.78 is 44.6. The van der Waals surface area contributed by atoms with Crippen molar-refractivity contribution in [2.45, 2.75) is 25.7 Å². The van der Waals surface area contributed by atoms with Crippen LogP contribution in [0.25, 0.3) is 0 Å². The maximum atomic E-state index is 13.1. The Labute approximate surface area is 109 Å². The Kier molecular flexibility index (Phi) is 4.01. The maximum Gasteiger partial charge on any atom is 0.418 e. The van der Waals surface area contributed by atoms with Gasteiger partial charge in [-0.1, -0.05) is 6.07 Å². The van der Waals surface area contributed by atoms with Crippen LogP contribution in [0, 0.1) is 0 Å². The van der Waals surface area contributed by atoms with Gasteiger partial charge < -0.3 is 14.7 Å². The van der Waals surface area contributed by atoms with Crippen LogP contribution in [-0.4, -0.2) is 30.9 Å². The third-order valence-electron chi connectivity index (χ3n) is 3.23. The zero-order valence-electron chi connectivity index (χ0n) is 10.6. The fraction of sp³-hybridized carbons (Fsp3) is 0.538. The lowest BCUT2D eigenvalue weighted by Gasteiger charge is -2.36. The van der Waals surface area contributed by atoms with Gasteiger partial charge in [-0.3, -0.25) is 0 Å². The van der Waals surface area contributed by atoms with Crippen LogP contribution in [0.4, 0.5) is 18.9 Å². The smallest absolute Gasteiger partial charge is 0.392 e. The van der Waals surface area contributed by atoms with Gasteiger partial charge in [0.2, 0.25) is 0 Å². The molecule has 106 valence electrons. The Hall–Kier alpha value is -1.27. The van der Waals surface area contributed by atoms with Gasteiger partial charge in [0, 0.05) is 18.3 Å². The number of aliphatic hydroxyl groups is 1. The van der Waals surface area contributed by atoms with E-state index in [1.165, 1.54) is 12.1 Å². The first-order chi connectivity index (χ1) is 8.93. The topological polar surface area (TPSA) is 32.7 Å². The summed E-state index contributed by atoms with van der Waals surface area (Å²) in [7, 11) is 0. The highest BCUT2D eigenvalue weighted by atomic mass is 19.4. The van der Waals surface area contributed by atoms with Crippen LogP contribution in [0.3, 0.4) is 0 Å². The summed E-state index contributed by atoms with van der Waals surface area (Å²) in [6, 6.07) is 3.86. The van der Waals surface area contributed by atoms with Crippen LogP contribution in [0.1, 0.15) is 18.1 Å². The molecule has 1 heterocycles. The molecule has 0 radical (unpaired) electrons. The van der Waals surface area contributed by atoms with E-state index >= 15 is 0 Å². The van der Waals surface area contributed by atoms with Crippen molar-refractivity contribution in [3.63, 3.8) is 0 Å². The van der Waals surface area contributed by atoms with Gasteiger partial charge in [-0.05, 0) is 24.6 Å². The van der Waals surface area contributed by atoms with Crippen molar-refractivity contribution in [1.29, 1.82) is 0 Å². The highest BCUT2D eigenvalue weighted by Crippen LogP contribution is 2.38. The highest BCUT2D eigenvalue weighted by molar-refractivity contribution is 5.57. The lowest BCUT2D eigenvalue weighted by Crippen LogP contribution is -2.44. The summed E-state index contributed by atoms with van der Waals surface area (Å²) in [5.41, 5.74) is -0.287. The molecule has 1 N–H and O–H groups in total. The van der Waals surface area contributed by atoms with E-state index in [1.54, 1.807) is 4.90 Å². The molecule has 0 aliphatic carbocycles. The van der Waals surface area contributed by atoms with Gasteiger partial charge in [0.1, 0.15) is 0 Å². The Morgan fingerprint density at radius 2 is 2.16 bits per heavy atom. The molecule has 1 saturated heterocycles. The molecular weight excluding hydrogens is 259 g/mol. The second-order valence-electron chi connectivity index (χ2n) is 4.62. The maximum absolute atomic E-state index is 13.1. The summed E-state index contributed by atoms with van der Waals surface area (Å²) in [4.78, 5) is 1.70. The van der Waals surface area contributed by atoms with Gasteiger partial charge in [0.05, 0.1) is 25.4 Å². The molecule has 6 heteroatoms. The minimum atomic E-state index is -4.43. The third kappa shape index (κ3) is 3.01. The zero-order chi connectivity index (χ0) is 14.0. The third-order valence-corrected chi connectivity index (χ3v) is 3.23. The molecule has 0 bridgehead atoms. The minimum Gasteiger partial charge on any atom is -0.392 e. The molecule has 19 heavy (non-hydrogen) atoms. The number of hydrogen-bond acceptors (Lipinski definition) is 3. The van der Waals surface area contributed by atoms with Crippen LogP contribution in [0.2, 0.25) is 0 Å². The van der Waals surface area contributed by atoms with Crippen molar-refractivity contribution in [3.05, 3.63) is 29.3 Å². The van der Waals surface area contributed by atoms with Crippen LogP contribution in [0.15, 0.2) is 18.2 Å². The average Bonchev–Trinajstić information content (AvgIpc) is 2.38. The summed E-state index contributed by atoms with van der Waals surface area (Å²) in [6.45, 7) is 2.70. The zero-order valence-corrected chi connectivity index (χ0v) is 10.6. The van der Waals surface area contributed by atoms with Crippen molar-refractivity contribution in [2.75, 3.05) is 24.7 Å². The van der Waals surface area contributed by atoms with Gasteiger partial charge in [-0.25, -0.2) is 0 Å². The molecule has 0 amide bonds. The van der Waals surface area contributed by atoms with Gasteiger partial charge in [0.15, 0.2) is 0 Å². The molecule has 1 unspecified atom stereocenters. The normalized spacial score (nSPS) is 20.7. The minimum absolute atomic E-state index is 0.102. The van der Waals surface area contributed by atoms with Gasteiger partial charge in [-0.2, -0.15) is 13.2 Å². The molecule has 0 saturated carbocycles. The summed E-state index contributed by atoms with van der Waals surface area (Å²) in [5.74, 6) is 0. The van der Waals surface area contributed by atoms with E-state index in [9.17, 15) is 13.2 Å². The van der Waals surface area contributed by atoms with E-state index in [0.717, 1.165) is 6.07 Å². The molecule has 1 fully saturated rings. The van der Waals surface area contributed by atoms with Crippen molar-refractivity contribution >= 4 is 5.69 Å². The second kappa shape index (κ2) is 5.38. The Morgan fingerprint density at radius 3 is 2.74 bits per heavy atom. The number of alkyl halides is 3. The number of ether oxygens (including phenoxy) is 1. The van der Waals surface area contributed by atoms with Crippen molar-refractivity contribution in [1.82, 2.24) is 0 Å². The number of anilines is 1. The number of rotatable bonds is 2. The van der Waals surface area contributed by atoms with E-state index in [0.29, 0.717) is 19.8 Å².